The SMILES string of the molecule is CCC(=O)N1CCN(C(=O)Cc2ccc(Cl)c(Cl)c2)[C@@H]([C@H](C)N2CCCC2)C1. The molecule has 0 N–H and O–H groups in total. The topological polar surface area (TPSA) is 43.9 Å². The van der Waals surface area contributed by atoms with Crippen molar-refractivity contribution in [3.63, 3.8) is 0 Å². The van der Waals surface area contributed by atoms with Crippen molar-refractivity contribution in [3.8, 4) is 0 Å². The molecule has 5 nitrogen and oxygen atoms in total. The highest BCUT2D eigenvalue weighted by atomic mass is 35.5. The lowest BCUT2D eigenvalue weighted by molar-refractivity contribution is -0.144. The van der Waals surface area contributed by atoms with Gasteiger partial charge in [0.2, 0.25) is 11.8 Å². The molecule has 0 aromatic heterocycles. The van der Waals surface area contributed by atoms with Crippen molar-refractivity contribution < 1.29 is 9.59 Å². The van der Waals surface area contributed by atoms with Crippen LogP contribution in [0.1, 0.15) is 38.7 Å². The molecule has 0 saturated carbocycles. The predicted molar refractivity (Wildman–Crippen MR) is 113 cm³/mol. The molecule has 154 valence electrons. The number of hydrogen-bond acceptors (Lipinski definition) is 3. The van der Waals surface area contributed by atoms with Crippen molar-refractivity contribution >= 4 is 35.0 Å². The largest absolute Gasteiger partial charge is 0.339 e. The van der Waals surface area contributed by atoms with Gasteiger partial charge < -0.3 is 9.80 Å². The molecule has 3 rings (SSSR count). The number of piperazine rings is 1. The first kappa shape index (κ1) is 21.4. The van der Waals surface area contributed by atoms with Crippen LogP contribution in [0.25, 0.3) is 0 Å². The summed E-state index contributed by atoms with van der Waals surface area (Å²) >= 11 is 12.1. The van der Waals surface area contributed by atoms with Gasteiger partial charge in [-0.05, 0) is 50.6 Å². The summed E-state index contributed by atoms with van der Waals surface area (Å²) < 4.78 is 0. The van der Waals surface area contributed by atoms with Crippen molar-refractivity contribution in [3.05, 3.63) is 33.8 Å². The Balaban J connectivity index is 1.76. The van der Waals surface area contributed by atoms with E-state index in [2.05, 4.69) is 11.8 Å². The molecule has 0 unspecified atom stereocenters. The van der Waals surface area contributed by atoms with E-state index in [4.69, 9.17) is 23.2 Å². The van der Waals surface area contributed by atoms with Gasteiger partial charge >= 0.3 is 0 Å². The third-order valence-electron chi connectivity index (χ3n) is 6.01. The molecule has 0 aliphatic carbocycles. The van der Waals surface area contributed by atoms with Gasteiger partial charge in [-0.25, -0.2) is 0 Å². The van der Waals surface area contributed by atoms with Gasteiger partial charge in [0.15, 0.2) is 0 Å². The average molecular weight is 426 g/mol. The molecule has 2 amide bonds. The zero-order valence-electron chi connectivity index (χ0n) is 16.7. The van der Waals surface area contributed by atoms with Crippen LogP contribution in [0.15, 0.2) is 18.2 Å². The standard InChI is InChI=1S/C21H29Cl2N3O2/c1-3-20(27)25-10-11-26(19(14-25)15(2)24-8-4-5-9-24)21(28)13-16-6-7-17(22)18(23)12-16/h6-7,12,15,19H,3-5,8-11,13-14H2,1-2H3/t15-,19+/m0/s1. The fourth-order valence-electron chi connectivity index (χ4n) is 4.30. The Labute approximate surface area is 177 Å². The molecule has 0 bridgehead atoms. The van der Waals surface area contributed by atoms with Crippen LogP contribution in [-0.4, -0.2) is 71.3 Å². The molecular formula is C21H29Cl2N3O2. The molecule has 1 aromatic carbocycles. The smallest absolute Gasteiger partial charge is 0.227 e. The summed E-state index contributed by atoms with van der Waals surface area (Å²) in [6.45, 7) is 8.00. The van der Waals surface area contributed by atoms with Crippen LogP contribution in [-0.2, 0) is 16.0 Å². The van der Waals surface area contributed by atoms with Gasteiger partial charge in [0.05, 0.1) is 22.5 Å². The first-order chi connectivity index (χ1) is 13.4. The number of likely N-dealkylation sites (tertiary alicyclic amines) is 1. The molecule has 2 saturated heterocycles. The van der Waals surface area contributed by atoms with Gasteiger partial charge in [0.25, 0.3) is 0 Å². The molecule has 28 heavy (non-hydrogen) atoms. The van der Waals surface area contributed by atoms with E-state index in [1.807, 2.05) is 22.8 Å². The summed E-state index contributed by atoms with van der Waals surface area (Å²) in [7, 11) is 0. The molecule has 7 heteroatoms. The summed E-state index contributed by atoms with van der Waals surface area (Å²) in [6, 6.07) is 5.58. The Morgan fingerprint density at radius 2 is 1.79 bits per heavy atom. The average Bonchev–Trinajstić information content (AvgIpc) is 3.24. The number of carbonyl (C=O) groups is 2. The maximum atomic E-state index is 13.2. The fraction of sp³-hybridized carbons (Fsp3) is 0.619. The molecule has 2 heterocycles. The van der Waals surface area contributed by atoms with Crippen molar-refractivity contribution in [1.29, 1.82) is 0 Å². The first-order valence-corrected chi connectivity index (χ1v) is 10.9. The van der Waals surface area contributed by atoms with Crippen molar-refractivity contribution in [1.82, 2.24) is 14.7 Å². The number of rotatable bonds is 5. The minimum atomic E-state index is 0.0117. The number of halogens is 2. The predicted octanol–water partition coefficient (Wildman–Crippen LogP) is 3.47. The number of hydrogen-bond donors (Lipinski definition) is 0. The Kier molecular flexibility index (Phi) is 7.24. The zero-order chi connectivity index (χ0) is 20.3. The van der Waals surface area contributed by atoms with E-state index < -0.39 is 0 Å². The van der Waals surface area contributed by atoms with Crippen LogP contribution in [0.3, 0.4) is 0 Å². The van der Waals surface area contributed by atoms with Crippen LogP contribution in [0.2, 0.25) is 10.0 Å². The van der Waals surface area contributed by atoms with E-state index >= 15 is 0 Å². The monoisotopic (exact) mass is 425 g/mol. The lowest BCUT2D eigenvalue weighted by Gasteiger charge is -2.46. The van der Waals surface area contributed by atoms with Gasteiger partial charge in [0.1, 0.15) is 0 Å². The highest BCUT2D eigenvalue weighted by Crippen LogP contribution is 2.25. The van der Waals surface area contributed by atoms with Gasteiger partial charge in [-0.15, -0.1) is 0 Å². The van der Waals surface area contributed by atoms with Crippen molar-refractivity contribution in [2.24, 2.45) is 0 Å². The quantitative estimate of drug-likeness (QED) is 0.725. The van der Waals surface area contributed by atoms with E-state index in [0.29, 0.717) is 42.5 Å². The molecule has 0 radical (unpaired) electrons. The van der Waals surface area contributed by atoms with Crippen LogP contribution in [0, 0.1) is 0 Å². The third-order valence-corrected chi connectivity index (χ3v) is 6.75. The fourth-order valence-corrected chi connectivity index (χ4v) is 4.62. The molecule has 2 aliphatic heterocycles. The van der Waals surface area contributed by atoms with Crippen LogP contribution in [0.4, 0.5) is 0 Å². The minimum Gasteiger partial charge on any atom is -0.339 e. The summed E-state index contributed by atoms with van der Waals surface area (Å²) in [4.78, 5) is 31.8. The molecule has 0 spiro atoms. The van der Waals surface area contributed by atoms with Gasteiger partial charge in [-0.1, -0.05) is 36.2 Å². The number of carbonyl (C=O) groups excluding carboxylic acids is 2. The molecular weight excluding hydrogens is 397 g/mol. The van der Waals surface area contributed by atoms with Gasteiger partial charge in [0, 0.05) is 32.1 Å². The summed E-state index contributed by atoms with van der Waals surface area (Å²) in [5.41, 5.74) is 0.860. The Hall–Kier alpha value is -1.30. The van der Waals surface area contributed by atoms with E-state index in [1.54, 1.807) is 12.1 Å². The van der Waals surface area contributed by atoms with Gasteiger partial charge in [-0.3, -0.25) is 14.5 Å². The van der Waals surface area contributed by atoms with Gasteiger partial charge in [-0.2, -0.15) is 0 Å². The zero-order valence-corrected chi connectivity index (χ0v) is 18.2. The highest BCUT2D eigenvalue weighted by molar-refractivity contribution is 6.42. The Morgan fingerprint density at radius 1 is 1.07 bits per heavy atom. The Bertz CT molecular complexity index is 722. The number of nitrogens with zero attached hydrogens (tertiary/aromatic N) is 3. The highest BCUT2D eigenvalue weighted by Gasteiger charge is 2.37. The lowest BCUT2D eigenvalue weighted by atomic mass is 10.0. The number of benzene rings is 1. The molecule has 2 aliphatic rings. The van der Waals surface area contributed by atoms with Crippen LogP contribution < -0.4 is 0 Å². The minimum absolute atomic E-state index is 0.0117. The normalized spacial score (nSPS) is 21.8. The van der Waals surface area contributed by atoms with E-state index in [1.165, 1.54) is 12.8 Å². The summed E-state index contributed by atoms with van der Waals surface area (Å²) in [5, 5.41) is 0.956. The lowest BCUT2D eigenvalue weighted by Crippen LogP contribution is -2.62. The van der Waals surface area contributed by atoms with Crippen LogP contribution >= 0.6 is 23.2 Å². The maximum Gasteiger partial charge on any atom is 0.227 e. The second-order valence-corrected chi connectivity index (χ2v) is 8.57. The van der Waals surface area contributed by atoms with Crippen molar-refractivity contribution in [2.45, 2.75) is 51.6 Å². The summed E-state index contributed by atoms with van der Waals surface area (Å²) in [5.74, 6) is 0.244. The number of amides is 2. The van der Waals surface area contributed by atoms with Crippen LogP contribution in [0.5, 0.6) is 0 Å². The second kappa shape index (κ2) is 9.47. The first-order valence-electron chi connectivity index (χ1n) is 10.2. The Morgan fingerprint density at radius 3 is 2.43 bits per heavy atom. The second-order valence-electron chi connectivity index (χ2n) is 7.76. The molecule has 1 aromatic rings. The van der Waals surface area contributed by atoms with Crippen molar-refractivity contribution in [2.75, 3.05) is 32.7 Å². The summed E-state index contributed by atoms with van der Waals surface area (Å²) in [6.07, 6.45) is 3.20. The van der Waals surface area contributed by atoms with E-state index in [9.17, 15) is 9.59 Å². The van der Waals surface area contributed by atoms with E-state index in [0.717, 1.165) is 18.7 Å². The maximum absolute atomic E-state index is 13.2. The van der Waals surface area contributed by atoms with E-state index in [-0.39, 0.29) is 23.9 Å². The molecule has 2 atom stereocenters. The third kappa shape index (κ3) is 4.81. The molecule has 2 fully saturated rings.